The number of nitrogens with zero attached hydrogens (tertiary/aromatic N) is 3. The van der Waals surface area contributed by atoms with E-state index in [0.717, 1.165) is 5.71 Å². The first kappa shape index (κ1) is 22.9. The number of aliphatic hydroxyl groups excluding tert-OH is 1. The average Bonchev–Trinajstić information content (AvgIpc) is 2.69. The van der Waals surface area contributed by atoms with Gasteiger partial charge >= 0.3 is 0 Å². The van der Waals surface area contributed by atoms with E-state index in [0.29, 0.717) is 35.6 Å². The minimum absolute atomic E-state index is 0.132. The lowest BCUT2D eigenvalue weighted by molar-refractivity contribution is 0.0923. The van der Waals surface area contributed by atoms with Gasteiger partial charge in [-0.2, -0.15) is 5.10 Å². The molecule has 0 saturated carbocycles. The van der Waals surface area contributed by atoms with E-state index in [1.54, 1.807) is 24.3 Å². The van der Waals surface area contributed by atoms with Gasteiger partial charge in [-0.3, -0.25) is 5.43 Å². The third-order valence-electron chi connectivity index (χ3n) is 3.70. The summed E-state index contributed by atoms with van der Waals surface area (Å²) in [5, 5.41) is 26.0. The number of aliphatic hydroxyl groups is 1. The fourth-order valence-corrected chi connectivity index (χ4v) is 2.32. The zero-order chi connectivity index (χ0) is 21.3. The predicted molar refractivity (Wildman–Crippen MR) is 115 cm³/mol. The van der Waals surface area contributed by atoms with Crippen LogP contribution in [0.4, 0.5) is 5.82 Å². The highest BCUT2D eigenvalue weighted by Crippen LogP contribution is 2.23. The molecule has 0 spiro atoms. The maximum atomic E-state index is 10.2. The van der Waals surface area contributed by atoms with E-state index in [2.05, 4.69) is 26.0 Å². The van der Waals surface area contributed by atoms with E-state index in [1.807, 2.05) is 39.8 Å². The van der Waals surface area contributed by atoms with Crippen LogP contribution >= 0.6 is 11.6 Å². The van der Waals surface area contributed by atoms with Crippen molar-refractivity contribution in [2.24, 2.45) is 5.10 Å². The zero-order valence-corrected chi connectivity index (χ0v) is 17.9. The Labute approximate surface area is 176 Å². The van der Waals surface area contributed by atoms with Crippen LogP contribution in [0.15, 0.2) is 41.5 Å². The summed E-state index contributed by atoms with van der Waals surface area (Å²) in [6.45, 7) is 8.52. The summed E-state index contributed by atoms with van der Waals surface area (Å²) in [7, 11) is 0. The van der Waals surface area contributed by atoms with Crippen molar-refractivity contribution in [3.63, 3.8) is 0 Å². The fourth-order valence-electron chi connectivity index (χ4n) is 2.13. The summed E-state index contributed by atoms with van der Waals surface area (Å²) in [4.78, 5) is 0. The number of hydrogen-bond donors (Lipinski definition) is 3. The van der Waals surface area contributed by atoms with Gasteiger partial charge in [0.1, 0.15) is 25.1 Å². The van der Waals surface area contributed by atoms with Crippen molar-refractivity contribution in [3.8, 4) is 11.6 Å². The van der Waals surface area contributed by atoms with Gasteiger partial charge in [-0.15, -0.1) is 10.2 Å². The Morgan fingerprint density at radius 2 is 1.93 bits per heavy atom. The summed E-state index contributed by atoms with van der Waals surface area (Å²) in [6.07, 6.45) is -0.696. The molecular formula is C20H28ClN5O3. The molecule has 1 aromatic carbocycles. The van der Waals surface area contributed by atoms with Crippen LogP contribution in [0.3, 0.4) is 0 Å². The number of rotatable bonds is 11. The largest absolute Gasteiger partial charge is 0.489 e. The number of anilines is 1. The normalized spacial score (nSPS) is 12.2. The number of nitrogens with one attached hydrogen (secondary N) is 2. The maximum Gasteiger partial charge on any atom is 0.233 e. The van der Waals surface area contributed by atoms with Crippen LogP contribution in [0.5, 0.6) is 11.6 Å². The molecule has 0 fully saturated rings. The minimum Gasteiger partial charge on any atom is -0.489 e. The molecule has 9 heteroatoms. The van der Waals surface area contributed by atoms with Gasteiger partial charge in [-0.25, -0.2) is 0 Å². The SMILES string of the molecule is CC(C)=NNc1ccc(OCC(C)(C)NCC(O)COc2ccccc2Cl)nn1. The highest BCUT2D eigenvalue weighted by atomic mass is 35.5. The highest BCUT2D eigenvalue weighted by molar-refractivity contribution is 6.32. The number of β-amino-alcohol motifs (C(OH)–C–C–N with tert-alkyl or cyclic N) is 1. The zero-order valence-electron chi connectivity index (χ0n) is 17.1. The van der Waals surface area contributed by atoms with Crippen LogP contribution in [0.25, 0.3) is 0 Å². The van der Waals surface area contributed by atoms with E-state index < -0.39 is 11.6 Å². The third kappa shape index (κ3) is 8.64. The molecule has 2 aromatic rings. The van der Waals surface area contributed by atoms with E-state index in [-0.39, 0.29) is 6.61 Å². The monoisotopic (exact) mass is 421 g/mol. The predicted octanol–water partition coefficient (Wildman–Crippen LogP) is 3.12. The molecule has 1 aromatic heterocycles. The molecule has 2 rings (SSSR count). The number of halogens is 1. The second kappa shape index (κ2) is 10.9. The molecule has 0 radical (unpaired) electrons. The van der Waals surface area contributed by atoms with Crippen LogP contribution in [0, 0.1) is 0 Å². The first-order valence-corrected chi connectivity index (χ1v) is 9.67. The highest BCUT2D eigenvalue weighted by Gasteiger charge is 2.20. The molecule has 0 aliphatic heterocycles. The molecule has 0 bridgehead atoms. The molecule has 0 amide bonds. The summed E-state index contributed by atoms with van der Waals surface area (Å²) in [5.41, 5.74) is 3.30. The third-order valence-corrected chi connectivity index (χ3v) is 4.01. The summed E-state index contributed by atoms with van der Waals surface area (Å²) in [5.74, 6) is 1.50. The minimum atomic E-state index is -0.696. The first-order valence-electron chi connectivity index (χ1n) is 9.29. The Morgan fingerprint density at radius 3 is 2.59 bits per heavy atom. The van der Waals surface area contributed by atoms with E-state index in [1.165, 1.54) is 0 Å². The topological polar surface area (TPSA) is 101 Å². The van der Waals surface area contributed by atoms with Crippen molar-refractivity contribution in [2.45, 2.75) is 39.3 Å². The number of ether oxygens (including phenoxy) is 2. The van der Waals surface area contributed by atoms with Crippen molar-refractivity contribution < 1.29 is 14.6 Å². The van der Waals surface area contributed by atoms with Gasteiger partial charge in [0, 0.05) is 23.9 Å². The van der Waals surface area contributed by atoms with E-state index in [4.69, 9.17) is 21.1 Å². The average molecular weight is 422 g/mol. The van der Waals surface area contributed by atoms with Crippen LogP contribution in [-0.2, 0) is 0 Å². The molecular weight excluding hydrogens is 394 g/mol. The Kier molecular flexibility index (Phi) is 8.63. The molecule has 1 heterocycles. The van der Waals surface area contributed by atoms with Crippen molar-refractivity contribution in [1.29, 1.82) is 0 Å². The maximum absolute atomic E-state index is 10.2. The Balaban J connectivity index is 1.73. The smallest absolute Gasteiger partial charge is 0.233 e. The van der Waals surface area contributed by atoms with Crippen LogP contribution < -0.4 is 20.2 Å². The Hall–Kier alpha value is -2.42. The van der Waals surface area contributed by atoms with Gasteiger partial charge in [-0.05, 0) is 45.9 Å². The summed E-state index contributed by atoms with van der Waals surface area (Å²) in [6, 6.07) is 10.6. The van der Waals surface area contributed by atoms with Gasteiger partial charge in [0.05, 0.1) is 5.02 Å². The van der Waals surface area contributed by atoms with Crippen molar-refractivity contribution in [2.75, 3.05) is 25.2 Å². The molecule has 3 N–H and O–H groups in total. The molecule has 0 saturated heterocycles. The van der Waals surface area contributed by atoms with Crippen molar-refractivity contribution >= 4 is 23.1 Å². The lowest BCUT2D eigenvalue weighted by Gasteiger charge is -2.27. The number of hydrogen-bond acceptors (Lipinski definition) is 8. The second-order valence-electron chi connectivity index (χ2n) is 7.38. The van der Waals surface area contributed by atoms with Gasteiger partial charge in [0.25, 0.3) is 0 Å². The molecule has 1 atom stereocenters. The molecule has 158 valence electrons. The van der Waals surface area contributed by atoms with Crippen molar-refractivity contribution in [3.05, 3.63) is 41.4 Å². The van der Waals surface area contributed by atoms with Gasteiger partial charge < -0.3 is 19.9 Å². The summed E-state index contributed by atoms with van der Waals surface area (Å²) >= 11 is 6.04. The van der Waals surface area contributed by atoms with Gasteiger partial charge in [-0.1, -0.05) is 23.7 Å². The second-order valence-corrected chi connectivity index (χ2v) is 7.78. The number of hydrazone groups is 1. The lowest BCUT2D eigenvalue weighted by atomic mass is 10.1. The standard InChI is InChI=1S/C20H28ClN5O3/c1-14(2)23-24-18-9-10-19(26-25-18)29-13-20(3,4)22-11-15(27)12-28-17-8-6-5-7-16(17)21/h5-10,15,22,27H,11-13H2,1-4H3,(H,24,25). The van der Waals surface area contributed by atoms with Gasteiger partial charge in [0.2, 0.25) is 5.88 Å². The number of para-hydroxylation sites is 1. The lowest BCUT2D eigenvalue weighted by Crippen LogP contribution is -2.48. The fraction of sp³-hybridized carbons (Fsp3) is 0.450. The number of aromatic nitrogens is 2. The first-order chi connectivity index (χ1) is 13.7. The van der Waals surface area contributed by atoms with Crippen molar-refractivity contribution in [1.82, 2.24) is 15.5 Å². The molecule has 8 nitrogen and oxygen atoms in total. The Morgan fingerprint density at radius 1 is 1.17 bits per heavy atom. The van der Waals surface area contributed by atoms with E-state index >= 15 is 0 Å². The molecule has 29 heavy (non-hydrogen) atoms. The van der Waals surface area contributed by atoms with Crippen LogP contribution in [0.1, 0.15) is 27.7 Å². The Bertz CT molecular complexity index is 795. The summed E-state index contributed by atoms with van der Waals surface area (Å²) < 4.78 is 11.3. The molecule has 0 aliphatic carbocycles. The van der Waals surface area contributed by atoms with E-state index in [9.17, 15) is 5.11 Å². The number of benzene rings is 1. The molecule has 1 unspecified atom stereocenters. The quantitative estimate of drug-likeness (QED) is 0.378. The van der Waals surface area contributed by atoms with Gasteiger partial charge in [0.15, 0.2) is 5.82 Å². The van der Waals surface area contributed by atoms with Crippen LogP contribution in [-0.4, -0.2) is 52.4 Å². The van der Waals surface area contributed by atoms with Crippen LogP contribution in [0.2, 0.25) is 5.02 Å². The molecule has 0 aliphatic rings.